The van der Waals surface area contributed by atoms with Crippen molar-refractivity contribution in [2.45, 2.75) is 32.0 Å². The largest absolute Gasteiger partial charge is 0.395 e. The summed E-state index contributed by atoms with van der Waals surface area (Å²) in [6.45, 7) is 6.68. The standard InChI is InChI=1S/C14H21NO2/c1-14(2)11-15(13(9-16)10-17-14)8-12-6-4-3-5-7-12/h3-7,13,16H,8-11H2,1-2H3/t13-/m0/s1. The molecule has 0 aliphatic carbocycles. The first-order valence-corrected chi connectivity index (χ1v) is 6.13. The fourth-order valence-electron chi connectivity index (χ4n) is 2.26. The molecule has 1 fully saturated rings. The van der Waals surface area contributed by atoms with Crippen LogP contribution in [0.25, 0.3) is 0 Å². The molecule has 2 rings (SSSR count). The SMILES string of the molecule is CC1(C)CN(Cc2ccccc2)[C@@H](CO)CO1. The zero-order valence-corrected chi connectivity index (χ0v) is 10.6. The van der Waals surface area contributed by atoms with Gasteiger partial charge in [0.15, 0.2) is 0 Å². The monoisotopic (exact) mass is 235 g/mol. The second kappa shape index (κ2) is 5.17. The summed E-state index contributed by atoms with van der Waals surface area (Å²) < 4.78 is 5.74. The maximum absolute atomic E-state index is 9.39. The van der Waals surface area contributed by atoms with Crippen molar-refractivity contribution in [3.8, 4) is 0 Å². The van der Waals surface area contributed by atoms with Gasteiger partial charge in [-0.2, -0.15) is 0 Å². The number of aliphatic hydroxyl groups is 1. The van der Waals surface area contributed by atoms with Crippen LogP contribution >= 0.6 is 0 Å². The minimum atomic E-state index is -0.125. The van der Waals surface area contributed by atoms with Crippen LogP contribution in [0.2, 0.25) is 0 Å². The van der Waals surface area contributed by atoms with Gasteiger partial charge in [-0.25, -0.2) is 0 Å². The predicted octanol–water partition coefficient (Wildman–Crippen LogP) is 1.66. The molecule has 1 aromatic carbocycles. The number of hydrogen-bond donors (Lipinski definition) is 1. The van der Waals surface area contributed by atoms with Gasteiger partial charge in [-0.3, -0.25) is 4.90 Å². The molecule has 0 aromatic heterocycles. The number of hydrogen-bond acceptors (Lipinski definition) is 3. The highest BCUT2D eigenvalue weighted by molar-refractivity contribution is 5.14. The molecule has 1 saturated heterocycles. The number of nitrogens with zero attached hydrogens (tertiary/aromatic N) is 1. The van der Waals surface area contributed by atoms with Crippen LogP contribution in [-0.4, -0.2) is 41.4 Å². The first kappa shape index (κ1) is 12.6. The van der Waals surface area contributed by atoms with Gasteiger partial charge in [-0.05, 0) is 19.4 Å². The topological polar surface area (TPSA) is 32.7 Å². The zero-order valence-electron chi connectivity index (χ0n) is 10.6. The molecule has 1 aromatic rings. The van der Waals surface area contributed by atoms with E-state index in [0.717, 1.165) is 13.1 Å². The van der Waals surface area contributed by atoms with E-state index in [1.54, 1.807) is 0 Å². The average Bonchev–Trinajstić information content (AvgIpc) is 2.30. The lowest BCUT2D eigenvalue weighted by atomic mass is 10.0. The Kier molecular flexibility index (Phi) is 3.82. The first-order valence-electron chi connectivity index (χ1n) is 6.13. The molecule has 1 N–H and O–H groups in total. The zero-order chi connectivity index (χ0) is 12.3. The molecule has 1 aliphatic heterocycles. The molecule has 0 unspecified atom stereocenters. The van der Waals surface area contributed by atoms with Gasteiger partial charge in [0.1, 0.15) is 0 Å². The third-order valence-electron chi connectivity index (χ3n) is 3.21. The Morgan fingerprint density at radius 1 is 1.35 bits per heavy atom. The molecular formula is C14H21NO2. The van der Waals surface area contributed by atoms with Crippen molar-refractivity contribution in [1.82, 2.24) is 4.90 Å². The molecule has 3 nitrogen and oxygen atoms in total. The second-order valence-corrected chi connectivity index (χ2v) is 5.30. The fourth-order valence-corrected chi connectivity index (χ4v) is 2.26. The fraction of sp³-hybridized carbons (Fsp3) is 0.571. The summed E-state index contributed by atoms with van der Waals surface area (Å²) in [6, 6.07) is 10.5. The van der Waals surface area contributed by atoms with E-state index in [-0.39, 0.29) is 18.2 Å². The van der Waals surface area contributed by atoms with Crippen LogP contribution in [0.15, 0.2) is 30.3 Å². The van der Waals surface area contributed by atoms with Gasteiger partial charge in [-0.1, -0.05) is 30.3 Å². The van der Waals surface area contributed by atoms with Crippen molar-refractivity contribution in [1.29, 1.82) is 0 Å². The summed E-state index contributed by atoms with van der Waals surface area (Å²) in [5, 5.41) is 9.39. The van der Waals surface area contributed by atoms with Crippen molar-refractivity contribution >= 4 is 0 Å². The maximum atomic E-state index is 9.39. The first-order chi connectivity index (χ1) is 8.11. The molecular weight excluding hydrogens is 214 g/mol. The quantitative estimate of drug-likeness (QED) is 0.865. The van der Waals surface area contributed by atoms with Crippen LogP contribution in [0, 0.1) is 0 Å². The van der Waals surface area contributed by atoms with Crippen molar-refractivity contribution < 1.29 is 9.84 Å². The van der Waals surface area contributed by atoms with E-state index in [1.807, 2.05) is 6.07 Å². The summed E-state index contributed by atoms with van der Waals surface area (Å²) in [6.07, 6.45) is 0. The molecule has 3 heteroatoms. The summed E-state index contributed by atoms with van der Waals surface area (Å²) >= 11 is 0. The lowest BCUT2D eigenvalue weighted by Crippen LogP contribution is -2.54. The highest BCUT2D eigenvalue weighted by Crippen LogP contribution is 2.22. The molecule has 0 saturated carbocycles. The Morgan fingerprint density at radius 2 is 2.06 bits per heavy atom. The number of morpholine rings is 1. The van der Waals surface area contributed by atoms with Crippen LogP contribution in [0.3, 0.4) is 0 Å². The highest BCUT2D eigenvalue weighted by atomic mass is 16.5. The van der Waals surface area contributed by atoms with Crippen LogP contribution in [0.5, 0.6) is 0 Å². The molecule has 0 bridgehead atoms. The normalized spacial score (nSPS) is 24.8. The molecule has 94 valence electrons. The highest BCUT2D eigenvalue weighted by Gasteiger charge is 2.33. The molecule has 17 heavy (non-hydrogen) atoms. The van der Waals surface area contributed by atoms with Gasteiger partial charge in [0.05, 0.1) is 24.9 Å². The van der Waals surface area contributed by atoms with Crippen molar-refractivity contribution in [3.63, 3.8) is 0 Å². The lowest BCUT2D eigenvalue weighted by molar-refractivity contribution is -0.126. The van der Waals surface area contributed by atoms with Gasteiger partial charge < -0.3 is 9.84 Å². The Hall–Kier alpha value is -0.900. The Morgan fingerprint density at radius 3 is 2.71 bits per heavy atom. The van der Waals surface area contributed by atoms with Crippen LogP contribution in [0.4, 0.5) is 0 Å². The summed E-state index contributed by atoms with van der Waals surface area (Å²) in [7, 11) is 0. The van der Waals surface area contributed by atoms with Gasteiger partial charge in [0.2, 0.25) is 0 Å². The van der Waals surface area contributed by atoms with Gasteiger partial charge in [0.25, 0.3) is 0 Å². The van der Waals surface area contributed by atoms with E-state index in [2.05, 4.69) is 43.0 Å². The van der Waals surface area contributed by atoms with Crippen molar-refractivity contribution in [3.05, 3.63) is 35.9 Å². The Labute approximate surface area is 103 Å². The maximum Gasteiger partial charge on any atom is 0.0753 e. The van der Waals surface area contributed by atoms with Crippen LogP contribution in [-0.2, 0) is 11.3 Å². The summed E-state index contributed by atoms with van der Waals surface area (Å²) in [4.78, 5) is 2.30. The molecule has 0 spiro atoms. The van der Waals surface area contributed by atoms with E-state index in [4.69, 9.17) is 4.74 Å². The molecule has 0 amide bonds. The Balaban J connectivity index is 2.06. The Bertz CT molecular complexity index is 350. The average molecular weight is 235 g/mol. The van der Waals surface area contributed by atoms with Gasteiger partial charge >= 0.3 is 0 Å². The number of rotatable bonds is 3. The molecule has 1 heterocycles. The minimum Gasteiger partial charge on any atom is -0.395 e. The number of ether oxygens (including phenoxy) is 1. The summed E-state index contributed by atoms with van der Waals surface area (Å²) in [5.74, 6) is 0. The minimum absolute atomic E-state index is 0.114. The van der Waals surface area contributed by atoms with Crippen molar-refractivity contribution in [2.24, 2.45) is 0 Å². The molecule has 1 atom stereocenters. The van der Waals surface area contributed by atoms with E-state index >= 15 is 0 Å². The van der Waals surface area contributed by atoms with E-state index in [0.29, 0.717) is 6.61 Å². The third-order valence-corrected chi connectivity index (χ3v) is 3.21. The van der Waals surface area contributed by atoms with E-state index < -0.39 is 0 Å². The number of aliphatic hydroxyl groups excluding tert-OH is 1. The van der Waals surface area contributed by atoms with E-state index in [9.17, 15) is 5.11 Å². The van der Waals surface area contributed by atoms with E-state index in [1.165, 1.54) is 5.56 Å². The lowest BCUT2D eigenvalue weighted by Gasteiger charge is -2.43. The second-order valence-electron chi connectivity index (χ2n) is 5.30. The predicted molar refractivity (Wildman–Crippen MR) is 67.8 cm³/mol. The number of benzene rings is 1. The van der Waals surface area contributed by atoms with Crippen molar-refractivity contribution in [2.75, 3.05) is 19.8 Å². The summed E-state index contributed by atoms with van der Waals surface area (Å²) in [5.41, 5.74) is 1.16. The molecule has 0 radical (unpaired) electrons. The third kappa shape index (κ3) is 3.28. The van der Waals surface area contributed by atoms with Crippen LogP contribution < -0.4 is 0 Å². The molecule has 1 aliphatic rings. The van der Waals surface area contributed by atoms with Gasteiger partial charge in [-0.15, -0.1) is 0 Å². The smallest absolute Gasteiger partial charge is 0.0753 e. The van der Waals surface area contributed by atoms with Gasteiger partial charge in [0, 0.05) is 13.1 Å². The van der Waals surface area contributed by atoms with Crippen LogP contribution in [0.1, 0.15) is 19.4 Å².